The second kappa shape index (κ2) is 6.76. The van der Waals surface area contributed by atoms with Gasteiger partial charge in [-0.1, -0.05) is 13.8 Å². The largest absolute Gasteiger partial charge is 0.350 e. The molecule has 0 aromatic carbocycles. The number of amides is 1. The highest BCUT2D eigenvalue weighted by atomic mass is 16.7. The van der Waals surface area contributed by atoms with Crippen LogP contribution in [0, 0.1) is 17.2 Å². The van der Waals surface area contributed by atoms with Crippen LogP contribution in [-0.4, -0.2) is 34.2 Å². The van der Waals surface area contributed by atoms with E-state index in [2.05, 4.69) is 25.2 Å². The Labute approximate surface area is 129 Å². The summed E-state index contributed by atoms with van der Waals surface area (Å²) in [4.78, 5) is 18.0. The maximum Gasteiger partial charge on any atom is 0.237 e. The SMILES string of the molecule is CC(C)C(C)(C)NC(=O)CN(OC(C)(C)C#N)C(C)(C)C. The van der Waals surface area contributed by atoms with E-state index in [1.807, 2.05) is 34.6 Å². The molecule has 1 N–H and O–H groups in total. The van der Waals surface area contributed by atoms with E-state index in [9.17, 15) is 4.79 Å². The third-order valence-corrected chi connectivity index (χ3v) is 3.55. The summed E-state index contributed by atoms with van der Waals surface area (Å²) < 4.78 is 0. The van der Waals surface area contributed by atoms with Crippen LogP contribution in [0.1, 0.15) is 62.3 Å². The molecule has 0 aromatic heterocycles. The Morgan fingerprint density at radius 2 is 1.67 bits per heavy atom. The van der Waals surface area contributed by atoms with Crippen molar-refractivity contribution in [3.05, 3.63) is 0 Å². The molecule has 0 bridgehead atoms. The third-order valence-electron chi connectivity index (χ3n) is 3.55. The molecule has 0 rings (SSSR count). The van der Waals surface area contributed by atoms with Crippen LogP contribution in [0.2, 0.25) is 0 Å². The zero-order valence-corrected chi connectivity index (χ0v) is 15.0. The van der Waals surface area contributed by atoms with Crippen molar-refractivity contribution in [3.63, 3.8) is 0 Å². The van der Waals surface area contributed by atoms with Crippen molar-refractivity contribution in [2.24, 2.45) is 5.92 Å². The van der Waals surface area contributed by atoms with Crippen LogP contribution in [0.4, 0.5) is 0 Å². The molecule has 1 amide bonds. The summed E-state index contributed by atoms with van der Waals surface area (Å²) in [6.07, 6.45) is 0. The van der Waals surface area contributed by atoms with Crippen LogP contribution in [0.3, 0.4) is 0 Å². The molecular formula is C16H31N3O2. The van der Waals surface area contributed by atoms with E-state index >= 15 is 0 Å². The van der Waals surface area contributed by atoms with E-state index in [0.29, 0.717) is 5.92 Å². The van der Waals surface area contributed by atoms with E-state index in [4.69, 9.17) is 10.1 Å². The van der Waals surface area contributed by atoms with Crippen molar-refractivity contribution >= 4 is 5.91 Å². The molecule has 0 radical (unpaired) electrons. The minimum absolute atomic E-state index is 0.0881. The van der Waals surface area contributed by atoms with E-state index in [1.54, 1.807) is 18.9 Å². The molecule has 0 atom stereocenters. The molecule has 0 saturated heterocycles. The lowest BCUT2D eigenvalue weighted by Gasteiger charge is -2.38. The lowest BCUT2D eigenvalue weighted by molar-refractivity contribution is -0.253. The Hall–Kier alpha value is -1.12. The van der Waals surface area contributed by atoms with Crippen LogP contribution in [0.15, 0.2) is 0 Å². The van der Waals surface area contributed by atoms with Crippen LogP contribution in [-0.2, 0) is 9.63 Å². The molecule has 0 unspecified atom stereocenters. The van der Waals surface area contributed by atoms with E-state index in [0.717, 1.165) is 0 Å². The second-order valence-electron chi connectivity index (χ2n) is 7.85. The van der Waals surface area contributed by atoms with Crippen molar-refractivity contribution in [2.75, 3.05) is 6.54 Å². The van der Waals surface area contributed by atoms with Gasteiger partial charge >= 0.3 is 0 Å². The molecule has 0 fully saturated rings. The molecule has 0 aliphatic carbocycles. The number of hydrogen-bond acceptors (Lipinski definition) is 4. The van der Waals surface area contributed by atoms with Crippen LogP contribution in [0.5, 0.6) is 0 Å². The quantitative estimate of drug-likeness (QED) is 0.766. The predicted octanol–water partition coefficient (Wildman–Crippen LogP) is 2.87. The lowest BCUT2D eigenvalue weighted by atomic mass is 9.91. The highest BCUT2D eigenvalue weighted by Crippen LogP contribution is 2.20. The second-order valence-corrected chi connectivity index (χ2v) is 7.85. The van der Waals surface area contributed by atoms with Gasteiger partial charge in [0.15, 0.2) is 5.60 Å². The third kappa shape index (κ3) is 6.92. The minimum atomic E-state index is -0.971. The number of hydroxylamine groups is 2. The molecular weight excluding hydrogens is 266 g/mol. The highest BCUT2D eigenvalue weighted by Gasteiger charge is 2.33. The molecule has 0 aliphatic rings. The molecule has 21 heavy (non-hydrogen) atoms. The van der Waals surface area contributed by atoms with Crippen molar-refractivity contribution in [3.8, 4) is 6.07 Å². The van der Waals surface area contributed by atoms with Gasteiger partial charge in [0.1, 0.15) is 6.54 Å². The summed E-state index contributed by atoms with van der Waals surface area (Å²) in [5.41, 5.74) is -1.64. The maximum absolute atomic E-state index is 12.3. The zero-order chi connectivity index (χ0) is 17.1. The van der Waals surface area contributed by atoms with Gasteiger partial charge in [-0.2, -0.15) is 10.3 Å². The number of hydrogen-bond donors (Lipinski definition) is 1. The predicted molar refractivity (Wildman–Crippen MR) is 84.3 cm³/mol. The molecule has 0 aliphatic heterocycles. The maximum atomic E-state index is 12.3. The fourth-order valence-corrected chi connectivity index (χ4v) is 1.38. The Bertz CT molecular complexity index is 401. The van der Waals surface area contributed by atoms with E-state index in [1.165, 1.54) is 0 Å². The topological polar surface area (TPSA) is 65.4 Å². The Morgan fingerprint density at radius 1 is 1.19 bits per heavy atom. The first-order valence-electron chi connectivity index (χ1n) is 7.40. The van der Waals surface area contributed by atoms with Gasteiger partial charge in [0.2, 0.25) is 5.91 Å². The van der Waals surface area contributed by atoms with Gasteiger partial charge in [-0.15, -0.1) is 0 Å². The first kappa shape index (κ1) is 19.9. The normalized spacial score (nSPS) is 13.4. The fraction of sp³-hybridized carbons (Fsp3) is 0.875. The summed E-state index contributed by atoms with van der Waals surface area (Å²) in [6, 6.07) is 2.09. The Balaban J connectivity index is 4.94. The molecule has 122 valence electrons. The average molecular weight is 297 g/mol. The Morgan fingerprint density at radius 3 is 2.00 bits per heavy atom. The molecule has 0 aromatic rings. The molecule has 0 heterocycles. The summed E-state index contributed by atoms with van der Waals surface area (Å²) in [6.45, 7) is 17.4. The highest BCUT2D eigenvalue weighted by molar-refractivity contribution is 5.78. The van der Waals surface area contributed by atoms with Gasteiger partial charge in [0.05, 0.1) is 6.07 Å². The summed E-state index contributed by atoms with van der Waals surface area (Å²) >= 11 is 0. The van der Waals surface area contributed by atoms with Gasteiger partial charge in [-0.25, -0.2) is 0 Å². The molecule has 0 spiro atoms. The van der Waals surface area contributed by atoms with Crippen molar-refractivity contribution in [1.29, 1.82) is 5.26 Å². The average Bonchev–Trinajstić information content (AvgIpc) is 2.25. The van der Waals surface area contributed by atoms with Gasteiger partial charge in [0, 0.05) is 11.1 Å². The molecule has 5 nitrogen and oxygen atoms in total. The summed E-state index contributed by atoms with van der Waals surface area (Å²) in [5, 5.41) is 13.7. The molecule has 5 heteroatoms. The number of nitrogens with one attached hydrogen (secondary N) is 1. The van der Waals surface area contributed by atoms with E-state index in [-0.39, 0.29) is 23.5 Å². The number of carbonyl (C=O) groups is 1. The first-order valence-corrected chi connectivity index (χ1v) is 7.40. The number of nitriles is 1. The Kier molecular flexibility index (Phi) is 6.40. The number of carbonyl (C=O) groups excluding carboxylic acids is 1. The van der Waals surface area contributed by atoms with Crippen molar-refractivity contribution < 1.29 is 9.63 Å². The number of rotatable bonds is 6. The van der Waals surface area contributed by atoms with Crippen molar-refractivity contribution in [1.82, 2.24) is 10.4 Å². The standard InChI is InChI=1S/C16H31N3O2/c1-12(2)16(8,9)18-13(20)10-19(14(3,4)5)21-15(6,7)11-17/h12H,10H2,1-9H3,(H,18,20). The summed E-state index contributed by atoms with van der Waals surface area (Å²) in [5.74, 6) is 0.207. The van der Waals surface area contributed by atoms with Gasteiger partial charge < -0.3 is 5.32 Å². The number of nitrogens with zero attached hydrogens (tertiary/aromatic N) is 2. The van der Waals surface area contributed by atoms with Gasteiger partial charge in [-0.3, -0.25) is 9.63 Å². The lowest BCUT2D eigenvalue weighted by Crippen LogP contribution is -2.54. The minimum Gasteiger partial charge on any atom is -0.350 e. The molecule has 0 saturated carbocycles. The van der Waals surface area contributed by atoms with E-state index < -0.39 is 5.60 Å². The smallest absolute Gasteiger partial charge is 0.237 e. The van der Waals surface area contributed by atoms with Crippen LogP contribution >= 0.6 is 0 Å². The monoisotopic (exact) mass is 297 g/mol. The summed E-state index contributed by atoms with van der Waals surface area (Å²) in [7, 11) is 0. The van der Waals surface area contributed by atoms with Gasteiger partial charge in [0.25, 0.3) is 0 Å². The fourth-order valence-electron chi connectivity index (χ4n) is 1.38. The first-order chi connectivity index (χ1) is 9.21. The van der Waals surface area contributed by atoms with Crippen molar-refractivity contribution in [2.45, 2.75) is 79.0 Å². The van der Waals surface area contributed by atoms with Gasteiger partial charge in [-0.05, 0) is 54.4 Å². The zero-order valence-electron chi connectivity index (χ0n) is 15.0. The van der Waals surface area contributed by atoms with Crippen LogP contribution < -0.4 is 5.32 Å². The van der Waals surface area contributed by atoms with Crippen LogP contribution in [0.25, 0.3) is 0 Å².